The molecule has 0 bridgehead atoms. The Labute approximate surface area is 124 Å². The Morgan fingerprint density at radius 1 is 1.26 bits per heavy atom. The summed E-state index contributed by atoms with van der Waals surface area (Å²) in [6.07, 6.45) is 1.66. The molecule has 3 nitrogen and oxygen atoms in total. The average molecular weight is 303 g/mol. The van der Waals surface area contributed by atoms with Crippen LogP contribution < -0.4 is 0 Å². The fourth-order valence-electron chi connectivity index (χ4n) is 2.77. The summed E-state index contributed by atoms with van der Waals surface area (Å²) in [4.78, 5) is 5.42. The Balaban J connectivity index is 2.54. The van der Waals surface area contributed by atoms with Gasteiger partial charge in [0.25, 0.3) is 0 Å². The van der Waals surface area contributed by atoms with E-state index in [0.717, 1.165) is 5.67 Å². The molecule has 0 saturated carbocycles. The number of piperazine rings is 1. The van der Waals surface area contributed by atoms with E-state index in [1.807, 2.05) is 0 Å². The molecule has 1 rings (SSSR count). The molecule has 0 N–H and O–H groups in total. The molecule has 19 heavy (non-hydrogen) atoms. The molecule has 0 amide bonds. The lowest BCUT2D eigenvalue weighted by atomic mass is 10.1. The number of rotatable bonds is 5. The number of hydrogen-bond acceptors (Lipinski definition) is 3. The molecule has 1 atom stereocenters. The summed E-state index contributed by atoms with van der Waals surface area (Å²) in [6.45, 7) is 20.1. The third-order valence-electron chi connectivity index (χ3n) is 4.08. The van der Waals surface area contributed by atoms with Crippen molar-refractivity contribution < 1.29 is 4.43 Å². The van der Waals surface area contributed by atoms with Crippen molar-refractivity contribution in [3.63, 3.8) is 0 Å². The minimum Gasteiger partial charge on any atom is -0.420 e. The van der Waals surface area contributed by atoms with E-state index in [9.17, 15) is 0 Å². The van der Waals surface area contributed by atoms with Crippen molar-refractivity contribution in [1.82, 2.24) is 9.80 Å². The average Bonchev–Trinajstić information content (AvgIpc) is 2.27. The molecular weight excluding hydrogens is 268 g/mol. The van der Waals surface area contributed by atoms with Crippen LogP contribution in [-0.4, -0.2) is 71.5 Å². The van der Waals surface area contributed by atoms with Crippen LogP contribution in [-0.2, 0) is 4.43 Å². The first kappa shape index (κ1) is 17.4. The van der Waals surface area contributed by atoms with Gasteiger partial charge in [-0.3, -0.25) is 4.90 Å². The smallest absolute Gasteiger partial charge is 0.175 e. The van der Waals surface area contributed by atoms with Crippen molar-refractivity contribution in [1.29, 1.82) is 0 Å². The Hall–Kier alpha value is 0.314. The summed E-state index contributed by atoms with van der Waals surface area (Å²) < 4.78 is 5.87. The molecule has 0 aliphatic carbocycles. The highest BCUT2D eigenvalue weighted by atomic mass is 28.3. The van der Waals surface area contributed by atoms with Gasteiger partial charge < -0.3 is 9.33 Å². The largest absolute Gasteiger partial charge is 0.420 e. The van der Waals surface area contributed by atoms with Gasteiger partial charge in [0, 0.05) is 43.1 Å². The van der Waals surface area contributed by atoms with Crippen LogP contribution in [0.1, 0.15) is 34.6 Å². The van der Waals surface area contributed by atoms with Gasteiger partial charge in [0.05, 0.1) is 8.80 Å². The molecule has 5 heteroatoms. The zero-order chi connectivity index (χ0) is 14.6. The second-order valence-corrected chi connectivity index (χ2v) is 11.8. The molecule has 0 aromatic carbocycles. The lowest BCUT2D eigenvalue weighted by Crippen LogP contribution is -2.62. The summed E-state index contributed by atoms with van der Waals surface area (Å²) in [7, 11) is -1.00. The van der Waals surface area contributed by atoms with Crippen LogP contribution >= 0.6 is 0 Å². The Kier molecular flexibility index (Phi) is 6.73. The maximum absolute atomic E-state index is 5.87. The van der Waals surface area contributed by atoms with Gasteiger partial charge in [-0.1, -0.05) is 13.1 Å². The zero-order valence-corrected chi connectivity index (χ0v) is 16.6. The van der Waals surface area contributed by atoms with Gasteiger partial charge in [-0.2, -0.15) is 0 Å². The number of nitrogens with zero attached hydrogens (tertiary/aromatic N) is 2. The Morgan fingerprint density at radius 2 is 1.89 bits per heavy atom. The highest BCUT2D eigenvalue weighted by Crippen LogP contribution is 2.20. The van der Waals surface area contributed by atoms with Crippen LogP contribution in [0.3, 0.4) is 0 Å². The van der Waals surface area contributed by atoms with Crippen molar-refractivity contribution in [3.8, 4) is 0 Å². The van der Waals surface area contributed by atoms with Crippen molar-refractivity contribution >= 4 is 18.6 Å². The molecule has 1 saturated heterocycles. The van der Waals surface area contributed by atoms with Gasteiger partial charge in [0.1, 0.15) is 0 Å². The lowest BCUT2D eigenvalue weighted by molar-refractivity contribution is 0.0528. The first-order valence-corrected chi connectivity index (χ1v) is 12.4. The minimum absolute atomic E-state index is 0.319. The predicted octanol–water partition coefficient (Wildman–Crippen LogP) is 1.26. The Morgan fingerprint density at radius 3 is 2.37 bits per heavy atom. The second kappa shape index (κ2) is 7.36. The molecule has 1 aliphatic heterocycles. The summed E-state index contributed by atoms with van der Waals surface area (Å²) in [5.74, 6) is 0. The number of hydrogen-bond donors (Lipinski definition) is 0. The zero-order valence-electron chi connectivity index (χ0n) is 14.1. The van der Waals surface area contributed by atoms with Gasteiger partial charge in [0.2, 0.25) is 0 Å². The third kappa shape index (κ3) is 5.67. The molecule has 0 aromatic rings. The molecule has 0 aromatic heterocycles. The molecule has 1 heterocycles. The fraction of sp³-hybridized carbons (Fsp3) is 1.00. The molecular formula is C14H34N2OSi2. The van der Waals surface area contributed by atoms with E-state index in [1.165, 1.54) is 25.8 Å². The van der Waals surface area contributed by atoms with E-state index < -0.39 is 8.80 Å². The van der Waals surface area contributed by atoms with Crippen LogP contribution in [0.5, 0.6) is 0 Å². The maximum atomic E-state index is 5.87. The normalized spacial score (nSPS) is 24.2. The van der Waals surface area contributed by atoms with E-state index in [4.69, 9.17) is 4.43 Å². The summed E-state index contributed by atoms with van der Waals surface area (Å²) in [5, 5.41) is 0. The van der Waals surface area contributed by atoms with Gasteiger partial charge in [-0.25, -0.2) is 0 Å². The molecule has 1 aliphatic rings. The predicted molar refractivity (Wildman–Crippen MR) is 90.3 cm³/mol. The minimum atomic E-state index is -0.636. The second-order valence-electron chi connectivity index (χ2n) is 7.38. The first-order chi connectivity index (χ1) is 8.71. The molecule has 1 unspecified atom stereocenters. The molecule has 114 valence electrons. The maximum Gasteiger partial charge on any atom is 0.175 e. The van der Waals surface area contributed by atoms with E-state index >= 15 is 0 Å². The Bertz CT molecular complexity index is 267. The SMILES string of the molecule is CC(C)O[SiH2]CN1CCN(C(C)(C)C)CC1[SiH](C)C. The summed E-state index contributed by atoms with van der Waals surface area (Å²) in [5.41, 5.74) is 1.15. The van der Waals surface area contributed by atoms with Crippen molar-refractivity contribution in [2.75, 3.05) is 25.8 Å². The van der Waals surface area contributed by atoms with Crippen molar-refractivity contribution in [3.05, 3.63) is 0 Å². The fourth-order valence-corrected chi connectivity index (χ4v) is 6.25. The van der Waals surface area contributed by atoms with E-state index in [0.29, 0.717) is 11.6 Å². The molecule has 1 fully saturated rings. The van der Waals surface area contributed by atoms with Crippen LogP contribution in [0, 0.1) is 0 Å². The third-order valence-corrected chi connectivity index (χ3v) is 7.91. The van der Waals surface area contributed by atoms with E-state index in [-0.39, 0.29) is 9.76 Å². The van der Waals surface area contributed by atoms with Gasteiger partial charge >= 0.3 is 0 Å². The monoisotopic (exact) mass is 302 g/mol. The van der Waals surface area contributed by atoms with Crippen molar-refractivity contribution in [2.24, 2.45) is 0 Å². The van der Waals surface area contributed by atoms with Crippen molar-refractivity contribution in [2.45, 2.75) is 65.0 Å². The van der Waals surface area contributed by atoms with Crippen LogP contribution in [0.15, 0.2) is 0 Å². The van der Waals surface area contributed by atoms with Crippen LogP contribution in [0.25, 0.3) is 0 Å². The highest BCUT2D eigenvalue weighted by Gasteiger charge is 2.33. The van der Waals surface area contributed by atoms with Crippen LogP contribution in [0.2, 0.25) is 13.1 Å². The first-order valence-electron chi connectivity index (χ1n) is 7.82. The van der Waals surface area contributed by atoms with Gasteiger partial charge in [0.15, 0.2) is 9.76 Å². The standard InChI is InChI=1S/C14H34N2OSi2/c1-12(2)17-18-11-15-8-9-16(14(3,4)5)10-13(15)19(6)7/h12-13,19H,8-11,18H2,1-7H3. The quantitative estimate of drug-likeness (QED) is 0.711. The van der Waals surface area contributed by atoms with E-state index in [1.54, 1.807) is 0 Å². The molecule has 0 radical (unpaired) electrons. The van der Waals surface area contributed by atoms with Gasteiger partial charge in [-0.15, -0.1) is 0 Å². The highest BCUT2D eigenvalue weighted by molar-refractivity contribution is 6.57. The summed E-state index contributed by atoms with van der Waals surface area (Å²) >= 11 is 0. The lowest BCUT2D eigenvalue weighted by Gasteiger charge is -2.48. The van der Waals surface area contributed by atoms with E-state index in [2.05, 4.69) is 57.5 Å². The van der Waals surface area contributed by atoms with Gasteiger partial charge in [-0.05, 0) is 34.6 Å². The van der Waals surface area contributed by atoms with Crippen LogP contribution in [0.4, 0.5) is 0 Å². The summed E-state index contributed by atoms with van der Waals surface area (Å²) in [6, 6.07) is 0. The molecule has 0 spiro atoms. The topological polar surface area (TPSA) is 15.7 Å².